The van der Waals surface area contributed by atoms with E-state index < -0.39 is 17.4 Å². The van der Waals surface area contributed by atoms with Gasteiger partial charge in [-0.15, -0.1) is 0 Å². The van der Waals surface area contributed by atoms with Crippen LogP contribution < -0.4 is 5.32 Å². The third kappa shape index (κ3) is 6.46. The topological polar surface area (TPSA) is 55.4 Å². The maximum Gasteiger partial charge on any atom is 0.328 e. The van der Waals surface area contributed by atoms with Crippen LogP contribution in [0.25, 0.3) is 0 Å². The van der Waals surface area contributed by atoms with Crippen LogP contribution >= 0.6 is 0 Å². The van der Waals surface area contributed by atoms with Crippen molar-refractivity contribution < 1.29 is 14.3 Å². The molecule has 0 aliphatic rings. The van der Waals surface area contributed by atoms with Crippen LogP contribution in [0, 0.1) is 0 Å². The monoisotopic (exact) mass is 519 g/mol. The molecular formula is C35H37NO3. The molecule has 4 heteroatoms. The minimum Gasteiger partial charge on any atom is -0.467 e. The average molecular weight is 520 g/mol. The molecule has 0 radical (unpaired) electrons. The van der Waals surface area contributed by atoms with Gasteiger partial charge in [-0.2, -0.15) is 0 Å². The molecule has 4 aromatic rings. The number of hydrogen-bond donors (Lipinski definition) is 1. The zero-order valence-corrected chi connectivity index (χ0v) is 23.2. The number of benzene rings is 4. The van der Waals surface area contributed by atoms with Gasteiger partial charge >= 0.3 is 5.97 Å². The molecule has 0 heterocycles. The first kappa shape index (κ1) is 27.8. The van der Waals surface area contributed by atoms with Crippen LogP contribution in [0.1, 0.15) is 55.0 Å². The highest BCUT2D eigenvalue weighted by atomic mass is 16.5. The van der Waals surface area contributed by atoms with Crippen LogP contribution in [0.15, 0.2) is 115 Å². The lowest BCUT2D eigenvalue weighted by Crippen LogP contribution is -2.46. The Hall–Kier alpha value is -4.18. The molecule has 200 valence electrons. The molecule has 0 aliphatic heterocycles. The second-order valence-corrected chi connectivity index (χ2v) is 11.0. The smallest absolute Gasteiger partial charge is 0.328 e. The predicted octanol–water partition coefficient (Wildman–Crippen LogP) is 6.61. The number of nitrogens with one attached hydrogen (secondary N) is 1. The molecule has 4 nitrogen and oxygen atoms in total. The van der Waals surface area contributed by atoms with E-state index in [2.05, 4.69) is 74.6 Å². The van der Waals surface area contributed by atoms with Crippen molar-refractivity contribution in [1.82, 2.24) is 5.32 Å². The van der Waals surface area contributed by atoms with Crippen molar-refractivity contribution in [3.05, 3.63) is 143 Å². The lowest BCUT2D eigenvalue weighted by Gasteiger charge is -2.36. The molecule has 0 aromatic heterocycles. The minimum absolute atomic E-state index is 0.0319. The first-order chi connectivity index (χ1) is 18.7. The summed E-state index contributed by atoms with van der Waals surface area (Å²) in [5, 5.41) is 3.01. The Morgan fingerprint density at radius 1 is 0.667 bits per heavy atom. The Bertz CT molecular complexity index is 1260. The van der Waals surface area contributed by atoms with Crippen molar-refractivity contribution in [2.45, 2.75) is 50.5 Å². The van der Waals surface area contributed by atoms with Gasteiger partial charge in [0.1, 0.15) is 6.04 Å². The fraction of sp³-hybridized carbons (Fsp3) is 0.257. The predicted molar refractivity (Wildman–Crippen MR) is 157 cm³/mol. The molecule has 1 N–H and O–H groups in total. The summed E-state index contributed by atoms with van der Waals surface area (Å²) in [4.78, 5) is 26.7. The summed E-state index contributed by atoms with van der Waals surface area (Å²) in [6, 6.07) is 37.6. The highest BCUT2D eigenvalue weighted by Crippen LogP contribution is 2.42. The van der Waals surface area contributed by atoms with Gasteiger partial charge in [0.15, 0.2) is 0 Å². The Labute approximate surface area is 232 Å². The van der Waals surface area contributed by atoms with E-state index in [1.54, 1.807) is 0 Å². The molecule has 0 saturated heterocycles. The fourth-order valence-electron chi connectivity index (χ4n) is 5.17. The van der Waals surface area contributed by atoms with Gasteiger partial charge in [0.25, 0.3) is 0 Å². The summed E-state index contributed by atoms with van der Waals surface area (Å²) < 4.78 is 5.09. The van der Waals surface area contributed by atoms with Gasteiger partial charge in [-0.3, -0.25) is 4.79 Å². The molecule has 0 unspecified atom stereocenters. The summed E-state index contributed by atoms with van der Waals surface area (Å²) in [6.45, 7) is 6.49. The van der Waals surface area contributed by atoms with Crippen LogP contribution in [0.2, 0.25) is 0 Å². The van der Waals surface area contributed by atoms with E-state index in [1.807, 2.05) is 66.7 Å². The highest BCUT2D eigenvalue weighted by molar-refractivity contribution is 5.86. The van der Waals surface area contributed by atoms with Gasteiger partial charge in [0, 0.05) is 12.8 Å². The van der Waals surface area contributed by atoms with E-state index in [1.165, 1.54) is 12.7 Å². The van der Waals surface area contributed by atoms with Crippen molar-refractivity contribution >= 4 is 11.9 Å². The van der Waals surface area contributed by atoms with E-state index in [-0.39, 0.29) is 17.7 Å². The number of methoxy groups -OCH3 is 1. The number of rotatable bonds is 9. The van der Waals surface area contributed by atoms with Gasteiger partial charge in [0.2, 0.25) is 5.91 Å². The third-order valence-corrected chi connectivity index (χ3v) is 7.31. The number of hydrogen-bond acceptors (Lipinski definition) is 3. The SMILES string of the molecule is COC(=O)[C@@H](Cc1ccc(C(C)(C)C)cc1)NC(=O)CC(c1ccccc1)(c1ccccc1)c1ccccc1. The van der Waals surface area contributed by atoms with Crippen LogP contribution in [0.5, 0.6) is 0 Å². The van der Waals surface area contributed by atoms with Crippen molar-refractivity contribution in [2.75, 3.05) is 7.11 Å². The Kier molecular flexibility index (Phi) is 8.65. The van der Waals surface area contributed by atoms with Crippen LogP contribution in [0.4, 0.5) is 0 Å². The highest BCUT2D eigenvalue weighted by Gasteiger charge is 2.39. The Morgan fingerprint density at radius 2 is 1.10 bits per heavy atom. The second-order valence-electron chi connectivity index (χ2n) is 11.0. The minimum atomic E-state index is -0.803. The number of carbonyl (C=O) groups excluding carboxylic acids is 2. The van der Waals surface area contributed by atoms with Crippen molar-refractivity contribution in [1.29, 1.82) is 0 Å². The molecule has 0 aliphatic carbocycles. The van der Waals surface area contributed by atoms with E-state index in [9.17, 15) is 9.59 Å². The number of ether oxygens (including phenoxy) is 1. The zero-order chi connectivity index (χ0) is 27.9. The average Bonchev–Trinajstić information content (AvgIpc) is 2.96. The zero-order valence-electron chi connectivity index (χ0n) is 23.2. The van der Waals surface area contributed by atoms with Gasteiger partial charge in [-0.25, -0.2) is 4.79 Å². The van der Waals surface area contributed by atoms with Crippen molar-refractivity contribution in [3.63, 3.8) is 0 Å². The number of esters is 1. The Balaban J connectivity index is 1.69. The fourth-order valence-corrected chi connectivity index (χ4v) is 5.17. The summed E-state index contributed by atoms with van der Waals surface area (Å²) in [7, 11) is 1.35. The molecule has 0 fully saturated rings. The van der Waals surface area contributed by atoms with E-state index in [0.29, 0.717) is 6.42 Å². The van der Waals surface area contributed by atoms with Gasteiger partial charge in [-0.1, -0.05) is 136 Å². The molecule has 0 bridgehead atoms. The molecule has 1 amide bonds. The van der Waals surface area contributed by atoms with Crippen LogP contribution in [-0.2, 0) is 31.6 Å². The van der Waals surface area contributed by atoms with Gasteiger partial charge in [0.05, 0.1) is 12.5 Å². The van der Waals surface area contributed by atoms with E-state index >= 15 is 0 Å². The molecule has 4 rings (SSSR count). The molecule has 0 saturated carbocycles. The molecule has 1 atom stereocenters. The van der Waals surface area contributed by atoms with E-state index in [4.69, 9.17) is 4.74 Å². The normalized spacial score (nSPS) is 12.4. The summed E-state index contributed by atoms with van der Waals surface area (Å²) in [6.07, 6.45) is 0.472. The van der Waals surface area contributed by atoms with Crippen LogP contribution in [0.3, 0.4) is 0 Å². The first-order valence-electron chi connectivity index (χ1n) is 13.4. The van der Waals surface area contributed by atoms with Crippen LogP contribution in [-0.4, -0.2) is 25.0 Å². The lowest BCUT2D eigenvalue weighted by molar-refractivity contribution is -0.145. The standard InChI is InChI=1S/C35H37NO3/c1-34(2,3)27-22-20-26(21-23-27)24-31(33(38)39-4)36-32(37)25-35(28-14-8-5-9-15-28,29-16-10-6-11-17-29)30-18-12-7-13-19-30/h5-23,31H,24-25H2,1-4H3,(H,36,37)/t31-/m1/s1. The van der Waals surface area contributed by atoms with Gasteiger partial charge in [-0.05, 0) is 33.2 Å². The second kappa shape index (κ2) is 12.1. The summed E-state index contributed by atoms with van der Waals surface area (Å²) in [5.74, 6) is -0.693. The van der Waals surface area contributed by atoms with Gasteiger partial charge < -0.3 is 10.1 Å². The van der Waals surface area contributed by atoms with Crippen molar-refractivity contribution in [2.24, 2.45) is 0 Å². The largest absolute Gasteiger partial charge is 0.467 e. The summed E-state index contributed by atoms with van der Waals surface area (Å²) in [5.41, 5.74) is 4.47. The summed E-state index contributed by atoms with van der Waals surface area (Å²) >= 11 is 0. The number of carbonyl (C=O) groups is 2. The maximum absolute atomic E-state index is 13.9. The molecule has 39 heavy (non-hydrogen) atoms. The molecule has 4 aromatic carbocycles. The van der Waals surface area contributed by atoms with Crippen molar-refractivity contribution in [3.8, 4) is 0 Å². The molecular weight excluding hydrogens is 482 g/mol. The molecule has 0 spiro atoms. The Morgan fingerprint density at radius 3 is 1.49 bits per heavy atom. The lowest BCUT2D eigenvalue weighted by atomic mass is 9.67. The first-order valence-corrected chi connectivity index (χ1v) is 13.4. The number of amides is 1. The third-order valence-electron chi connectivity index (χ3n) is 7.31. The van der Waals surface area contributed by atoms with E-state index in [0.717, 1.165) is 22.3 Å². The quantitative estimate of drug-likeness (QED) is 0.200. The maximum atomic E-state index is 13.9.